The summed E-state index contributed by atoms with van der Waals surface area (Å²) in [6.45, 7) is 0. The van der Waals surface area contributed by atoms with Gasteiger partial charge < -0.3 is 4.90 Å². The molecular weight excluding hydrogens is 561 g/mol. The van der Waals surface area contributed by atoms with Gasteiger partial charge in [0.1, 0.15) is 0 Å². The number of anilines is 3. The van der Waals surface area contributed by atoms with Gasteiger partial charge in [0.15, 0.2) is 0 Å². The molecule has 2 nitrogen and oxygen atoms in total. The van der Waals surface area contributed by atoms with Crippen molar-refractivity contribution in [3.05, 3.63) is 146 Å². The lowest BCUT2D eigenvalue weighted by molar-refractivity contribution is 1.29. The molecule has 9 aromatic rings. The Kier molecular flexibility index (Phi) is 5.58. The maximum Gasteiger partial charge on any atom is 0.0709 e. The van der Waals surface area contributed by atoms with Crippen LogP contribution in [0.15, 0.2) is 146 Å². The minimum absolute atomic E-state index is 1.04. The van der Waals surface area contributed by atoms with Crippen LogP contribution in [0.5, 0.6) is 0 Å². The number of nitrogens with zero attached hydrogens (tertiary/aromatic N) is 2. The van der Waals surface area contributed by atoms with Crippen LogP contribution in [0.2, 0.25) is 0 Å². The van der Waals surface area contributed by atoms with Crippen LogP contribution in [0.3, 0.4) is 0 Å². The fraction of sp³-hybridized carbons (Fsp3) is 0. The molecule has 0 fully saturated rings. The van der Waals surface area contributed by atoms with Gasteiger partial charge in [-0.1, -0.05) is 78.9 Å². The molecule has 0 unspecified atom stereocenters. The van der Waals surface area contributed by atoms with Crippen LogP contribution in [0, 0.1) is 0 Å². The standard InChI is InChI=1S/C39H24N2S2/c1-2-8-26(9-3-1)41(28-19-20-31-30-10-4-5-14-35(30)42-37(31)24-28)27-17-15-25(16-18-27)29-11-6-12-33-38-32-13-7-23-40-34(32)21-22-36(38)43-39(29)33/h1-24H. The lowest BCUT2D eigenvalue weighted by Crippen LogP contribution is -2.09. The van der Waals surface area contributed by atoms with Gasteiger partial charge in [0.05, 0.1) is 5.52 Å². The number of fused-ring (bicyclic) bond motifs is 8. The summed E-state index contributed by atoms with van der Waals surface area (Å²) >= 11 is 3.73. The first-order valence-corrected chi connectivity index (χ1v) is 16.0. The Labute approximate surface area is 256 Å². The van der Waals surface area contributed by atoms with E-state index in [2.05, 4.69) is 143 Å². The SMILES string of the molecule is c1ccc(N(c2ccc(-c3cccc4c3sc3ccc5ncccc5c34)cc2)c2ccc3c(c2)sc2ccccc23)cc1. The highest BCUT2D eigenvalue weighted by Crippen LogP contribution is 2.44. The number of thiophene rings is 2. The molecule has 3 aromatic heterocycles. The highest BCUT2D eigenvalue weighted by molar-refractivity contribution is 7.26. The molecule has 0 amide bonds. The smallest absolute Gasteiger partial charge is 0.0709 e. The maximum atomic E-state index is 4.60. The van der Waals surface area contributed by atoms with Gasteiger partial charge in [0.25, 0.3) is 0 Å². The quantitative estimate of drug-likeness (QED) is 0.205. The van der Waals surface area contributed by atoms with E-state index in [1.165, 1.54) is 56.9 Å². The van der Waals surface area contributed by atoms with Crippen LogP contribution < -0.4 is 4.90 Å². The molecule has 202 valence electrons. The summed E-state index contributed by atoms with van der Waals surface area (Å²) in [5, 5.41) is 6.45. The molecule has 4 heteroatoms. The molecule has 9 rings (SSSR count). The summed E-state index contributed by atoms with van der Waals surface area (Å²) in [6, 6.07) is 50.5. The zero-order valence-electron chi connectivity index (χ0n) is 23.1. The first kappa shape index (κ1) is 24.6. The fourth-order valence-electron chi connectivity index (χ4n) is 6.34. The third-order valence-electron chi connectivity index (χ3n) is 8.31. The van der Waals surface area contributed by atoms with Crippen molar-refractivity contribution in [2.45, 2.75) is 0 Å². The van der Waals surface area contributed by atoms with Gasteiger partial charge in [-0.05, 0) is 71.8 Å². The average molecular weight is 585 g/mol. The predicted molar refractivity (Wildman–Crippen MR) is 188 cm³/mol. The first-order chi connectivity index (χ1) is 21.3. The molecule has 0 aliphatic rings. The average Bonchev–Trinajstić information content (AvgIpc) is 3.64. The van der Waals surface area contributed by atoms with Gasteiger partial charge in [-0.15, -0.1) is 22.7 Å². The number of pyridine rings is 1. The van der Waals surface area contributed by atoms with E-state index < -0.39 is 0 Å². The van der Waals surface area contributed by atoms with Gasteiger partial charge in [0, 0.05) is 69.0 Å². The van der Waals surface area contributed by atoms with E-state index in [4.69, 9.17) is 0 Å². The van der Waals surface area contributed by atoms with E-state index in [9.17, 15) is 0 Å². The van der Waals surface area contributed by atoms with Gasteiger partial charge in [-0.2, -0.15) is 0 Å². The van der Waals surface area contributed by atoms with E-state index in [1.54, 1.807) is 0 Å². The summed E-state index contributed by atoms with van der Waals surface area (Å²) in [6.07, 6.45) is 1.87. The first-order valence-electron chi connectivity index (χ1n) is 14.4. The minimum atomic E-state index is 1.04. The Morgan fingerprint density at radius 2 is 1.21 bits per heavy atom. The van der Waals surface area contributed by atoms with Gasteiger partial charge in [-0.3, -0.25) is 4.98 Å². The summed E-state index contributed by atoms with van der Waals surface area (Å²) < 4.78 is 5.24. The molecule has 0 radical (unpaired) electrons. The van der Waals surface area contributed by atoms with E-state index in [0.717, 1.165) is 22.6 Å². The monoisotopic (exact) mass is 584 g/mol. The number of rotatable bonds is 4. The molecule has 43 heavy (non-hydrogen) atoms. The number of aromatic nitrogens is 1. The van der Waals surface area contributed by atoms with E-state index in [-0.39, 0.29) is 0 Å². The second kappa shape index (κ2) is 9.77. The van der Waals surface area contributed by atoms with Crippen LogP contribution in [0.25, 0.3) is 62.4 Å². The molecule has 3 heterocycles. The van der Waals surface area contributed by atoms with Crippen molar-refractivity contribution in [2.75, 3.05) is 4.90 Å². The van der Waals surface area contributed by atoms with E-state index in [0.29, 0.717) is 0 Å². The highest BCUT2D eigenvalue weighted by atomic mass is 32.1. The lowest BCUT2D eigenvalue weighted by atomic mass is 10.0. The van der Waals surface area contributed by atoms with Gasteiger partial charge >= 0.3 is 0 Å². The maximum absolute atomic E-state index is 4.60. The van der Waals surface area contributed by atoms with Crippen molar-refractivity contribution in [3.8, 4) is 11.1 Å². The Hall–Kier alpha value is -5.03. The normalized spacial score (nSPS) is 11.7. The lowest BCUT2D eigenvalue weighted by Gasteiger charge is -2.25. The molecule has 0 saturated heterocycles. The Morgan fingerprint density at radius 3 is 2.12 bits per heavy atom. The number of benzene rings is 6. The second-order valence-electron chi connectivity index (χ2n) is 10.8. The molecule has 0 saturated carbocycles. The summed E-state index contributed by atoms with van der Waals surface area (Å²) in [5.74, 6) is 0. The van der Waals surface area contributed by atoms with Gasteiger partial charge in [0.2, 0.25) is 0 Å². The number of para-hydroxylation sites is 1. The van der Waals surface area contributed by atoms with Crippen molar-refractivity contribution >= 4 is 91.0 Å². The van der Waals surface area contributed by atoms with Crippen molar-refractivity contribution in [2.24, 2.45) is 0 Å². The Morgan fingerprint density at radius 1 is 0.465 bits per heavy atom. The van der Waals surface area contributed by atoms with Crippen LogP contribution in [-0.4, -0.2) is 4.98 Å². The van der Waals surface area contributed by atoms with Gasteiger partial charge in [-0.25, -0.2) is 0 Å². The van der Waals surface area contributed by atoms with Crippen molar-refractivity contribution in [3.63, 3.8) is 0 Å². The molecule has 0 spiro atoms. The number of hydrogen-bond donors (Lipinski definition) is 0. The Balaban J connectivity index is 1.17. The van der Waals surface area contributed by atoms with E-state index >= 15 is 0 Å². The summed E-state index contributed by atoms with van der Waals surface area (Å²) in [7, 11) is 0. The zero-order chi connectivity index (χ0) is 28.3. The highest BCUT2D eigenvalue weighted by Gasteiger charge is 2.16. The zero-order valence-corrected chi connectivity index (χ0v) is 24.7. The minimum Gasteiger partial charge on any atom is -0.310 e. The Bertz CT molecular complexity index is 2450. The fourth-order valence-corrected chi connectivity index (χ4v) is 8.74. The molecule has 0 bridgehead atoms. The summed E-state index contributed by atoms with van der Waals surface area (Å²) in [4.78, 5) is 6.96. The van der Waals surface area contributed by atoms with Crippen molar-refractivity contribution in [1.82, 2.24) is 4.98 Å². The van der Waals surface area contributed by atoms with Crippen LogP contribution >= 0.6 is 22.7 Å². The topological polar surface area (TPSA) is 16.1 Å². The van der Waals surface area contributed by atoms with Crippen molar-refractivity contribution < 1.29 is 0 Å². The second-order valence-corrected chi connectivity index (χ2v) is 12.9. The third kappa shape index (κ3) is 3.95. The van der Waals surface area contributed by atoms with Crippen molar-refractivity contribution in [1.29, 1.82) is 0 Å². The summed E-state index contributed by atoms with van der Waals surface area (Å²) in [5.41, 5.74) is 6.96. The third-order valence-corrected chi connectivity index (χ3v) is 10.7. The van der Waals surface area contributed by atoms with E-state index in [1.807, 2.05) is 34.9 Å². The van der Waals surface area contributed by atoms with Crippen LogP contribution in [-0.2, 0) is 0 Å². The largest absolute Gasteiger partial charge is 0.310 e. The molecule has 0 aliphatic heterocycles. The molecular formula is C39H24N2S2. The van der Waals surface area contributed by atoms with Crippen LogP contribution in [0.4, 0.5) is 17.1 Å². The molecule has 6 aromatic carbocycles. The molecule has 0 atom stereocenters. The predicted octanol–water partition coefficient (Wildman–Crippen LogP) is 12.1. The molecule has 0 aliphatic carbocycles. The number of hydrogen-bond acceptors (Lipinski definition) is 4. The van der Waals surface area contributed by atoms with Crippen LogP contribution in [0.1, 0.15) is 0 Å². The molecule has 0 N–H and O–H groups in total.